The van der Waals surface area contributed by atoms with Crippen LogP contribution in [0.5, 0.6) is 0 Å². The van der Waals surface area contributed by atoms with Crippen LogP contribution in [0.2, 0.25) is 0 Å². The number of tetrazole rings is 1. The lowest BCUT2D eigenvalue weighted by atomic mass is 9.87. The summed E-state index contributed by atoms with van der Waals surface area (Å²) in [5, 5.41) is 14.6. The predicted molar refractivity (Wildman–Crippen MR) is 92.2 cm³/mol. The minimum atomic E-state index is 0.736. The number of anilines is 1. The number of aromatic amines is 1. The van der Waals surface area contributed by atoms with E-state index in [9.17, 15) is 0 Å². The Hall–Kier alpha value is -2.34. The normalized spacial score (nSPS) is 13.6. The van der Waals surface area contributed by atoms with Crippen molar-refractivity contribution in [1.29, 1.82) is 0 Å². The highest BCUT2D eigenvalue weighted by molar-refractivity contribution is 8.00. The summed E-state index contributed by atoms with van der Waals surface area (Å²) in [5.41, 5.74) is 4.94. The molecule has 0 fully saturated rings. The molecule has 0 radical (unpaired) electrons. The van der Waals surface area contributed by atoms with E-state index in [1.807, 2.05) is 18.2 Å². The number of nitrogens with zero attached hydrogens (tertiary/aromatic N) is 3. The van der Waals surface area contributed by atoms with Gasteiger partial charge in [0.25, 0.3) is 0 Å². The third-order valence-electron chi connectivity index (χ3n) is 4.14. The van der Waals surface area contributed by atoms with Crippen molar-refractivity contribution in [2.75, 3.05) is 4.72 Å². The Kier molecular flexibility index (Phi) is 3.98. The molecular formula is C17H17N5S. The first-order chi connectivity index (χ1) is 11.4. The smallest absolute Gasteiger partial charge is 0.181 e. The average Bonchev–Trinajstić information content (AvgIpc) is 3.14. The number of aryl methyl sites for hydroxylation is 1. The Balaban J connectivity index is 1.71. The van der Waals surface area contributed by atoms with Gasteiger partial charge in [0, 0.05) is 10.5 Å². The number of hydrogen-bond acceptors (Lipinski definition) is 5. The minimum Gasteiger partial charge on any atom is -0.325 e. The van der Waals surface area contributed by atoms with E-state index in [2.05, 4.69) is 49.6 Å². The fraction of sp³-hybridized carbons (Fsp3) is 0.235. The zero-order chi connectivity index (χ0) is 15.5. The van der Waals surface area contributed by atoms with Crippen LogP contribution in [0, 0.1) is 0 Å². The van der Waals surface area contributed by atoms with E-state index < -0.39 is 0 Å². The van der Waals surface area contributed by atoms with Crippen LogP contribution in [0.4, 0.5) is 5.69 Å². The van der Waals surface area contributed by atoms with Gasteiger partial charge in [-0.1, -0.05) is 24.3 Å². The van der Waals surface area contributed by atoms with Crippen molar-refractivity contribution >= 4 is 17.6 Å². The first-order valence-electron chi connectivity index (χ1n) is 7.78. The van der Waals surface area contributed by atoms with E-state index >= 15 is 0 Å². The molecule has 4 rings (SSSR count). The summed E-state index contributed by atoms with van der Waals surface area (Å²) >= 11 is 1.60. The van der Waals surface area contributed by atoms with E-state index in [-0.39, 0.29) is 0 Å². The van der Waals surface area contributed by atoms with Crippen LogP contribution in [0.15, 0.2) is 47.4 Å². The van der Waals surface area contributed by atoms with Crippen LogP contribution in [-0.4, -0.2) is 20.6 Å². The summed E-state index contributed by atoms with van der Waals surface area (Å²) in [6.45, 7) is 0. The van der Waals surface area contributed by atoms with Crippen molar-refractivity contribution < 1.29 is 0 Å². The zero-order valence-electron chi connectivity index (χ0n) is 12.6. The van der Waals surface area contributed by atoms with Gasteiger partial charge in [0.15, 0.2) is 5.82 Å². The number of hydrogen-bond donors (Lipinski definition) is 2. The lowest BCUT2D eigenvalue weighted by molar-refractivity contribution is 0.686. The molecule has 6 heteroatoms. The molecule has 1 aromatic heterocycles. The van der Waals surface area contributed by atoms with Gasteiger partial charge in [0.1, 0.15) is 0 Å². The summed E-state index contributed by atoms with van der Waals surface area (Å²) in [6.07, 6.45) is 4.69. The molecule has 1 heterocycles. The summed E-state index contributed by atoms with van der Waals surface area (Å²) in [7, 11) is 0. The van der Waals surface area contributed by atoms with E-state index in [0.29, 0.717) is 0 Å². The van der Waals surface area contributed by atoms with E-state index in [1.165, 1.54) is 28.9 Å². The van der Waals surface area contributed by atoms with Crippen molar-refractivity contribution in [2.45, 2.75) is 30.6 Å². The molecule has 1 aliphatic rings. The maximum absolute atomic E-state index is 4.14. The monoisotopic (exact) mass is 323 g/mol. The third kappa shape index (κ3) is 2.94. The lowest BCUT2D eigenvalue weighted by Crippen LogP contribution is -2.07. The number of aromatic nitrogens is 4. The van der Waals surface area contributed by atoms with Gasteiger partial charge in [0.05, 0.1) is 5.69 Å². The molecule has 3 aromatic rings. The molecule has 0 saturated carbocycles. The van der Waals surface area contributed by atoms with E-state index in [4.69, 9.17) is 0 Å². The van der Waals surface area contributed by atoms with Crippen LogP contribution in [0.3, 0.4) is 0 Å². The molecule has 0 aliphatic heterocycles. The van der Waals surface area contributed by atoms with Crippen molar-refractivity contribution in [2.24, 2.45) is 0 Å². The molecule has 23 heavy (non-hydrogen) atoms. The Bertz CT molecular complexity index is 786. The fourth-order valence-electron chi connectivity index (χ4n) is 3.05. The molecule has 0 bridgehead atoms. The average molecular weight is 323 g/mol. The second-order valence-corrected chi connectivity index (χ2v) is 6.48. The third-order valence-corrected chi connectivity index (χ3v) is 4.97. The second kappa shape index (κ2) is 6.42. The Morgan fingerprint density at radius 1 is 1.00 bits per heavy atom. The van der Waals surface area contributed by atoms with Gasteiger partial charge in [-0.3, -0.25) is 0 Å². The largest absolute Gasteiger partial charge is 0.325 e. The van der Waals surface area contributed by atoms with Gasteiger partial charge in [-0.15, -0.1) is 5.10 Å². The number of fused-ring (bicyclic) bond motifs is 1. The Morgan fingerprint density at radius 3 is 2.70 bits per heavy atom. The van der Waals surface area contributed by atoms with Gasteiger partial charge in [-0.25, -0.2) is 5.10 Å². The molecule has 0 saturated heterocycles. The van der Waals surface area contributed by atoms with Crippen LogP contribution in [0.1, 0.15) is 24.0 Å². The fourth-order valence-corrected chi connectivity index (χ4v) is 3.74. The van der Waals surface area contributed by atoms with Crippen molar-refractivity contribution in [3.05, 3.63) is 53.6 Å². The molecule has 116 valence electrons. The summed E-state index contributed by atoms with van der Waals surface area (Å²) in [6, 6.07) is 14.6. The zero-order valence-corrected chi connectivity index (χ0v) is 13.4. The van der Waals surface area contributed by atoms with Gasteiger partial charge in [0.2, 0.25) is 0 Å². The SMILES string of the molecule is c1ccc(SNc2ccc3c(c2-c2nnn[nH]2)CCCC3)cc1. The number of H-pyrrole nitrogens is 1. The van der Waals surface area contributed by atoms with E-state index in [1.54, 1.807) is 11.9 Å². The highest BCUT2D eigenvalue weighted by Crippen LogP contribution is 2.37. The molecule has 0 amide bonds. The van der Waals surface area contributed by atoms with Gasteiger partial charge < -0.3 is 4.72 Å². The van der Waals surface area contributed by atoms with Crippen LogP contribution >= 0.6 is 11.9 Å². The van der Waals surface area contributed by atoms with Crippen molar-refractivity contribution in [1.82, 2.24) is 20.6 Å². The maximum Gasteiger partial charge on any atom is 0.181 e. The quantitative estimate of drug-likeness (QED) is 0.714. The molecule has 2 N–H and O–H groups in total. The second-order valence-electron chi connectivity index (χ2n) is 5.60. The number of rotatable bonds is 4. The number of nitrogens with one attached hydrogen (secondary N) is 2. The van der Waals surface area contributed by atoms with Crippen LogP contribution in [0.25, 0.3) is 11.4 Å². The number of benzene rings is 2. The summed E-state index contributed by atoms with van der Waals surface area (Å²) < 4.78 is 3.47. The summed E-state index contributed by atoms with van der Waals surface area (Å²) in [5.74, 6) is 0.736. The topological polar surface area (TPSA) is 66.5 Å². The van der Waals surface area contributed by atoms with E-state index in [0.717, 1.165) is 29.9 Å². The highest BCUT2D eigenvalue weighted by Gasteiger charge is 2.20. The molecular weight excluding hydrogens is 306 g/mol. The van der Waals surface area contributed by atoms with Gasteiger partial charge >= 0.3 is 0 Å². The molecule has 5 nitrogen and oxygen atoms in total. The maximum atomic E-state index is 4.14. The van der Waals surface area contributed by atoms with Crippen molar-refractivity contribution in [3.63, 3.8) is 0 Å². The summed E-state index contributed by atoms with van der Waals surface area (Å²) in [4.78, 5) is 1.17. The lowest BCUT2D eigenvalue weighted by Gasteiger charge is -2.21. The van der Waals surface area contributed by atoms with Gasteiger partial charge in [-0.05, 0) is 77.4 Å². The Labute approximate surface area is 139 Å². The first-order valence-corrected chi connectivity index (χ1v) is 8.60. The molecule has 1 aliphatic carbocycles. The standard InChI is InChI=1S/C17H17N5S/c1-2-7-13(8-3-1)23-20-15-11-10-12-6-4-5-9-14(12)16(15)17-18-21-22-19-17/h1-3,7-8,10-11,20H,4-6,9H2,(H,18,19,21,22). The Morgan fingerprint density at radius 2 is 1.87 bits per heavy atom. The first kappa shape index (κ1) is 14.3. The van der Waals surface area contributed by atoms with Gasteiger partial charge in [-0.2, -0.15) is 0 Å². The molecule has 2 aromatic carbocycles. The minimum absolute atomic E-state index is 0.736. The predicted octanol–water partition coefficient (Wildman–Crippen LogP) is 3.86. The van der Waals surface area contributed by atoms with Crippen LogP contribution in [-0.2, 0) is 12.8 Å². The molecule has 0 atom stereocenters. The van der Waals surface area contributed by atoms with Crippen LogP contribution < -0.4 is 4.72 Å². The van der Waals surface area contributed by atoms with Crippen molar-refractivity contribution in [3.8, 4) is 11.4 Å². The molecule has 0 spiro atoms. The highest BCUT2D eigenvalue weighted by atomic mass is 32.2. The molecule has 0 unspecified atom stereocenters.